The highest BCUT2D eigenvalue weighted by Crippen LogP contribution is 2.21. The van der Waals surface area contributed by atoms with Gasteiger partial charge in [-0.2, -0.15) is 0 Å². The van der Waals surface area contributed by atoms with Crippen molar-refractivity contribution in [2.45, 2.75) is 18.7 Å². The predicted octanol–water partition coefficient (Wildman–Crippen LogP) is 0.601. The van der Waals surface area contributed by atoms with E-state index >= 15 is 0 Å². The fraction of sp³-hybridized carbons (Fsp3) is 0.222. The second-order valence-corrected chi connectivity index (χ2v) is 4.76. The van der Waals surface area contributed by atoms with E-state index in [9.17, 15) is 13.2 Å². The molecule has 1 amide bonds. The van der Waals surface area contributed by atoms with Crippen LogP contribution >= 0.6 is 0 Å². The van der Waals surface area contributed by atoms with Crippen molar-refractivity contribution in [3.63, 3.8) is 0 Å². The number of nitrogens with two attached hydrogens (primary N) is 1. The summed E-state index contributed by atoms with van der Waals surface area (Å²) in [6.45, 7) is 3.04. The number of benzene rings is 1. The quantitative estimate of drug-likeness (QED) is 0.776. The minimum absolute atomic E-state index is 0.0716. The van der Waals surface area contributed by atoms with Gasteiger partial charge < -0.3 is 5.32 Å². The van der Waals surface area contributed by atoms with Gasteiger partial charge in [0.1, 0.15) is 4.90 Å². The average Bonchev–Trinajstić information content (AvgIpc) is 2.05. The van der Waals surface area contributed by atoms with Crippen LogP contribution in [-0.4, -0.2) is 14.3 Å². The summed E-state index contributed by atoms with van der Waals surface area (Å²) >= 11 is 0. The van der Waals surface area contributed by atoms with Crippen LogP contribution in [0, 0.1) is 6.92 Å². The van der Waals surface area contributed by atoms with Crippen LogP contribution in [0.25, 0.3) is 0 Å². The monoisotopic (exact) mass is 228 g/mol. The third-order valence-corrected chi connectivity index (χ3v) is 2.71. The Morgan fingerprint density at radius 2 is 2.00 bits per heavy atom. The molecule has 0 saturated heterocycles. The third-order valence-electron chi connectivity index (χ3n) is 1.75. The van der Waals surface area contributed by atoms with E-state index in [4.69, 9.17) is 5.14 Å². The molecule has 82 valence electrons. The Kier molecular flexibility index (Phi) is 3.11. The summed E-state index contributed by atoms with van der Waals surface area (Å²) in [7, 11) is -3.82. The topological polar surface area (TPSA) is 89.3 Å². The number of rotatable bonds is 2. The number of hydrogen-bond acceptors (Lipinski definition) is 3. The normalized spacial score (nSPS) is 11.1. The Balaban J connectivity index is 3.33. The smallest absolute Gasteiger partial charge is 0.240 e. The lowest BCUT2D eigenvalue weighted by Gasteiger charge is -2.08. The number of carbonyl (C=O) groups is 1. The Morgan fingerprint density at radius 1 is 1.40 bits per heavy atom. The molecule has 0 aromatic heterocycles. The summed E-state index contributed by atoms with van der Waals surface area (Å²) < 4.78 is 22.4. The van der Waals surface area contributed by atoms with E-state index in [1.807, 2.05) is 0 Å². The first-order valence-electron chi connectivity index (χ1n) is 4.22. The van der Waals surface area contributed by atoms with Gasteiger partial charge in [-0.25, -0.2) is 13.6 Å². The van der Waals surface area contributed by atoms with Crippen molar-refractivity contribution in [3.8, 4) is 0 Å². The van der Waals surface area contributed by atoms with Crippen LogP contribution in [-0.2, 0) is 14.8 Å². The molecule has 0 atom stereocenters. The maximum Gasteiger partial charge on any atom is 0.240 e. The van der Waals surface area contributed by atoms with Gasteiger partial charge in [-0.15, -0.1) is 0 Å². The standard InChI is InChI=1S/C9H12N2O3S/c1-6-3-4-8(11-7(2)12)9(5-6)15(10,13)14/h3-5H,1-2H3,(H,11,12)(H2,10,13,14). The highest BCUT2D eigenvalue weighted by Gasteiger charge is 2.14. The van der Waals surface area contributed by atoms with E-state index in [-0.39, 0.29) is 16.5 Å². The predicted molar refractivity (Wildman–Crippen MR) is 56.9 cm³/mol. The van der Waals surface area contributed by atoms with Crippen LogP contribution < -0.4 is 10.5 Å². The fourth-order valence-corrected chi connectivity index (χ4v) is 1.93. The van der Waals surface area contributed by atoms with Crippen LogP contribution in [0.15, 0.2) is 23.1 Å². The molecule has 1 aromatic rings. The van der Waals surface area contributed by atoms with Crippen LogP contribution in [0.5, 0.6) is 0 Å². The van der Waals surface area contributed by atoms with Crippen molar-refractivity contribution in [3.05, 3.63) is 23.8 Å². The maximum absolute atomic E-state index is 11.2. The summed E-state index contributed by atoms with van der Waals surface area (Å²) in [6, 6.07) is 4.62. The number of primary sulfonamides is 1. The molecule has 0 bridgehead atoms. The number of hydrogen-bond donors (Lipinski definition) is 2. The molecular weight excluding hydrogens is 216 g/mol. The first kappa shape index (κ1) is 11.7. The van der Waals surface area contributed by atoms with Crippen LogP contribution in [0.4, 0.5) is 5.69 Å². The molecule has 0 heterocycles. The van der Waals surface area contributed by atoms with Crippen LogP contribution in [0.1, 0.15) is 12.5 Å². The largest absolute Gasteiger partial charge is 0.325 e. The molecule has 0 aliphatic heterocycles. The summed E-state index contributed by atoms with van der Waals surface area (Å²) in [5, 5.41) is 7.43. The molecule has 15 heavy (non-hydrogen) atoms. The van der Waals surface area contributed by atoms with E-state index in [0.29, 0.717) is 0 Å². The van der Waals surface area contributed by atoms with E-state index in [2.05, 4.69) is 5.32 Å². The van der Waals surface area contributed by atoms with E-state index in [1.165, 1.54) is 19.1 Å². The molecular formula is C9H12N2O3S. The maximum atomic E-state index is 11.2. The molecule has 0 saturated carbocycles. The summed E-state index contributed by atoms with van der Waals surface area (Å²) in [4.78, 5) is 10.8. The SMILES string of the molecule is CC(=O)Nc1ccc(C)cc1S(N)(=O)=O. The lowest BCUT2D eigenvalue weighted by Crippen LogP contribution is -2.16. The lowest BCUT2D eigenvalue weighted by atomic mass is 10.2. The van der Waals surface area contributed by atoms with E-state index in [1.54, 1.807) is 13.0 Å². The van der Waals surface area contributed by atoms with Crippen molar-refractivity contribution in [2.24, 2.45) is 5.14 Å². The summed E-state index contributed by atoms with van der Waals surface area (Å²) in [5.74, 6) is -0.344. The van der Waals surface area contributed by atoms with Crippen LogP contribution in [0.2, 0.25) is 0 Å². The van der Waals surface area contributed by atoms with Gasteiger partial charge in [-0.3, -0.25) is 4.79 Å². The number of nitrogens with one attached hydrogen (secondary N) is 1. The first-order valence-corrected chi connectivity index (χ1v) is 5.76. The van der Waals surface area contributed by atoms with Crippen molar-refractivity contribution in [2.75, 3.05) is 5.32 Å². The van der Waals surface area contributed by atoms with E-state index in [0.717, 1.165) is 5.56 Å². The molecule has 0 aliphatic carbocycles. The highest BCUT2D eigenvalue weighted by molar-refractivity contribution is 7.89. The van der Waals surface area contributed by atoms with Gasteiger partial charge in [-0.05, 0) is 24.6 Å². The number of sulfonamides is 1. The zero-order valence-corrected chi connectivity index (χ0v) is 9.26. The Morgan fingerprint density at radius 3 is 2.47 bits per heavy atom. The Labute approximate surface area is 88.3 Å². The van der Waals surface area contributed by atoms with Crippen molar-refractivity contribution < 1.29 is 13.2 Å². The number of amides is 1. The van der Waals surface area contributed by atoms with Gasteiger partial charge in [0, 0.05) is 6.92 Å². The van der Waals surface area contributed by atoms with E-state index < -0.39 is 10.0 Å². The van der Waals surface area contributed by atoms with Gasteiger partial charge in [0.05, 0.1) is 5.69 Å². The zero-order valence-electron chi connectivity index (χ0n) is 8.44. The molecule has 0 spiro atoms. The second-order valence-electron chi connectivity index (χ2n) is 3.23. The second kappa shape index (κ2) is 4.00. The number of anilines is 1. The van der Waals surface area contributed by atoms with Crippen LogP contribution in [0.3, 0.4) is 0 Å². The Hall–Kier alpha value is -1.40. The van der Waals surface area contributed by atoms with Crippen molar-refractivity contribution in [1.29, 1.82) is 0 Å². The molecule has 0 fully saturated rings. The van der Waals surface area contributed by atoms with Gasteiger partial charge in [0.15, 0.2) is 0 Å². The fourth-order valence-electron chi connectivity index (χ4n) is 1.16. The average molecular weight is 228 g/mol. The van der Waals surface area contributed by atoms with Crippen molar-refractivity contribution in [1.82, 2.24) is 0 Å². The summed E-state index contributed by atoms with van der Waals surface area (Å²) in [5.41, 5.74) is 0.962. The number of carbonyl (C=O) groups excluding carboxylic acids is 1. The molecule has 5 nitrogen and oxygen atoms in total. The lowest BCUT2D eigenvalue weighted by molar-refractivity contribution is -0.114. The molecule has 1 rings (SSSR count). The highest BCUT2D eigenvalue weighted by atomic mass is 32.2. The first-order chi connectivity index (χ1) is 6.80. The molecule has 0 aliphatic rings. The minimum Gasteiger partial charge on any atom is -0.325 e. The third kappa shape index (κ3) is 3.03. The van der Waals surface area contributed by atoms with Gasteiger partial charge in [-0.1, -0.05) is 6.07 Å². The molecule has 0 radical (unpaired) electrons. The van der Waals surface area contributed by atoms with Gasteiger partial charge in [0.2, 0.25) is 15.9 Å². The number of aryl methyl sites for hydroxylation is 1. The zero-order chi connectivity index (χ0) is 11.6. The van der Waals surface area contributed by atoms with Gasteiger partial charge in [0.25, 0.3) is 0 Å². The molecule has 6 heteroatoms. The Bertz CT molecular complexity index is 494. The minimum atomic E-state index is -3.82. The molecule has 0 unspecified atom stereocenters. The van der Waals surface area contributed by atoms with Crippen molar-refractivity contribution >= 4 is 21.6 Å². The van der Waals surface area contributed by atoms with Gasteiger partial charge >= 0.3 is 0 Å². The molecule has 3 N–H and O–H groups in total. The summed E-state index contributed by atoms with van der Waals surface area (Å²) in [6.07, 6.45) is 0. The molecule has 1 aromatic carbocycles.